The number of carbonyl (C=O) groups excluding carboxylic acids is 1. The highest BCUT2D eigenvalue weighted by molar-refractivity contribution is 5.96. The third-order valence-corrected chi connectivity index (χ3v) is 2.48. The first-order valence-corrected chi connectivity index (χ1v) is 4.70. The standard InChI is InChI=1S/C10H13N3O/c1-7-9(5-8(11)6-12-7)10(14)13-3-2-4-13/h5-6H,2-4,11H2,1H3. The summed E-state index contributed by atoms with van der Waals surface area (Å²) in [6.07, 6.45) is 2.67. The molecule has 0 unspecified atom stereocenters. The van der Waals surface area contributed by atoms with Crippen molar-refractivity contribution < 1.29 is 4.79 Å². The molecule has 2 rings (SSSR count). The second kappa shape index (κ2) is 3.29. The Bertz CT molecular complexity index is 372. The molecule has 0 bridgehead atoms. The van der Waals surface area contributed by atoms with Crippen LogP contribution in [0.2, 0.25) is 0 Å². The number of anilines is 1. The van der Waals surface area contributed by atoms with Crippen LogP contribution in [0.15, 0.2) is 12.3 Å². The Balaban J connectivity index is 2.29. The molecule has 0 aliphatic carbocycles. The van der Waals surface area contributed by atoms with Gasteiger partial charge in [-0.2, -0.15) is 0 Å². The van der Waals surface area contributed by atoms with E-state index < -0.39 is 0 Å². The summed E-state index contributed by atoms with van der Waals surface area (Å²) < 4.78 is 0. The Kier molecular flexibility index (Phi) is 2.11. The van der Waals surface area contributed by atoms with E-state index in [1.165, 1.54) is 0 Å². The summed E-state index contributed by atoms with van der Waals surface area (Å²) >= 11 is 0. The summed E-state index contributed by atoms with van der Waals surface area (Å²) in [6.45, 7) is 3.53. The molecular formula is C10H13N3O. The van der Waals surface area contributed by atoms with E-state index in [1.54, 1.807) is 12.3 Å². The van der Waals surface area contributed by atoms with Gasteiger partial charge >= 0.3 is 0 Å². The van der Waals surface area contributed by atoms with E-state index in [4.69, 9.17) is 5.73 Å². The molecule has 1 amide bonds. The van der Waals surface area contributed by atoms with E-state index in [0.717, 1.165) is 25.2 Å². The van der Waals surface area contributed by atoms with Gasteiger partial charge in [0.1, 0.15) is 0 Å². The highest BCUT2D eigenvalue weighted by Crippen LogP contribution is 2.16. The average molecular weight is 191 g/mol. The van der Waals surface area contributed by atoms with Gasteiger partial charge in [0, 0.05) is 13.1 Å². The predicted octanol–water partition coefficient (Wildman–Crippen LogP) is 0.818. The fraction of sp³-hybridized carbons (Fsp3) is 0.400. The first-order chi connectivity index (χ1) is 6.68. The molecule has 1 saturated heterocycles. The van der Waals surface area contributed by atoms with Gasteiger partial charge in [-0.15, -0.1) is 0 Å². The molecule has 74 valence electrons. The number of hydrogen-bond donors (Lipinski definition) is 1. The third-order valence-electron chi connectivity index (χ3n) is 2.48. The van der Waals surface area contributed by atoms with Crippen molar-refractivity contribution in [3.8, 4) is 0 Å². The first kappa shape index (κ1) is 8.99. The van der Waals surface area contributed by atoms with Gasteiger partial charge in [0.15, 0.2) is 0 Å². The Morgan fingerprint density at radius 3 is 2.86 bits per heavy atom. The van der Waals surface area contributed by atoms with Crippen molar-refractivity contribution in [3.05, 3.63) is 23.5 Å². The topological polar surface area (TPSA) is 59.2 Å². The Hall–Kier alpha value is -1.58. The number of aromatic nitrogens is 1. The quantitative estimate of drug-likeness (QED) is 0.714. The van der Waals surface area contributed by atoms with Gasteiger partial charge < -0.3 is 10.6 Å². The van der Waals surface area contributed by atoms with Gasteiger partial charge in [-0.05, 0) is 19.4 Å². The fourth-order valence-corrected chi connectivity index (χ4v) is 1.46. The van der Waals surface area contributed by atoms with Gasteiger partial charge in [-0.1, -0.05) is 0 Å². The van der Waals surface area contributed by atoms with Crippen LogP contribution in [0.4, 0.5) is 5.69 Å². The second-order valence-corrected chi connectivity index (χ2v) is 3.55. The molecule has 1 aliphatic heterocycles. The molecule has 0 atom stereocenters. The largest absolute Gasteiger partial charge is 0.397 e. The maximum absolute atomic E-state index is 11.8. The summed E-state index contributed by atoms with van der Waals surface area (Å²) in [6, 6.07) is 1.70. The maximum Gasteiger partial charge on any atom is 0.255 e. The second-order valence-electron chi connectivity index (χ2n) is 3.55. The van der Waals surface area contributed by atoms with Crippen LogP contribution < -0.4 is 5.73 Å². The van der Waals surface area contributed by atoms with E-state index in [0.29, 0.717) is 11.3 Å². The molecule has 0 radical (unpaired) electrons. The molecule has 14 heavy (non-hydrogen) atoms. The summed E-state index contributed by atoms with van der Waals surface area (Å²) in [4.78, 5) is 17.7. The Labute approximate surface area is 82.7 Å². The minimum absolute atomic E-state index is 0.0496. The lowest BCUT2D eigenvalue weighted by molar-refractivity contribution is 0.0650. The SMILES string of the molecule is Cc1ncc(N)cc1C(=O)N1CCC1. The highest BCUT2D eigenvalue weighted by atomic mass is 16.2. The van der Waals surface area contributed by atoms with Crippen LogP contribution in [0, 0.1) is 6.92 Å². The van der Waals surface area contributed by atoms with Crippen LogP contribution in [0.1, 0.15) is 22.5 Å². The van der Waals surface area contributed by atoms with Gasteiger partial charge in [-0.3, -0.25) is 9.78 Å². The van der Waals surface area contributed by atoms with E-state index >= 15 is 0 Å². The molecule has 1 aromatic heterocycles. The molecule has 0 saturated carbocycles. The summed E-state index contributed by atoms with van der Waals surface area (Å²) in [5.41, 5.74) is 7.51. The van der Waals surface area contributed by atoms with Crippen molar-refractivity contribution in [3.63, 3.8) is 0 Å². The lowest BCUT2D eigenvalue weighted by Crippen LogP contribution is -2.42. The summed E-state index contributed by atoms with van der Waals surface area (Å²) in [5, 5.41) is 0. The Morgan fingerprint density at radius 2 is 2.29 bits per heavy atom. The fourth-order valence-electron chi connectivity index (χ4n) is 1.46. The van der Waals surface area contributed by atoms with E-state index in [-0.39, 0.29) is 5.91 Å². The smallest absolute Gasteiger partial charge is 0.255 e. The predicted molar refractivity (Wildman–Crippen MR) is 53.9 cm³/mol. The zero-order valence-electron chi connectivity index (χ0n) is 8.16. The van der Waals surface area contributed by atoms with Crippen molar-refractivity contribution in [2.45, 2.75) is 13.3 Å². The number of nitrogen functional groups attached to an aromatic ring is 1. The number of aryl methyl sites for hydroxylation is 1. The van der Waals surface area contributed by atoms with Crippen LogP contribution in [0.5, 0.6) is 0 Å². The monoisotopic (exact) mass is 191 g/mol. The first-order valence-electron chi connectivity index (χ1n) is 4.70. The molecule has 2 heterocycles. The summed E-state index contributed by atoms with van der Waals surface area (Å²) in [7, 11) is 0. The number of nitrogens with zero attached hydrogens (tertiary/aromatic N) is 2. The summed E-state index contributed by atoms with van der Waals surface area (Å²) in [5.74, 6) is 0.0496. The molecule has 4 nitrogen and oxygen atoms in total. The zero-order valence-corrected chi connectivity index (χ0v) is 8.16. The molecule has 1 aliphatic rings. The van der Waals surface area contributed by atoms with Crippen LogP contribution in [-0.2, 0) is 0 Å². The van der Waals surface area contributed by atoms with Crippen LogP contribution in [0.25, 0.3) is 0 Å². The van der Waals surface area contributed by atoms with Gasteiger partial charge in [0.05, 0.1) is 23.1 Å². The minimum Gasteiger partial charge on any atom is -0.397 e. The molecule has 0 spiro atoms. The highest BCUT2D eigenvalue weighted by Gasteiger charge is 2.23. The molecular weight excluding hydrogens is 178 g/mol. The van der Waals surface area contributed by atoms with E-state index in [2.05, 4.69) is 4.98 Å². The average Bonchev–Trinajstić information content (AvgIpc) is 2.06. The number of rotatable bonds is 1. The normalized spacial score (nSPS) is 15.1. The molecule has 0 aromatic carbocycles. The molecule has 1 fully saturated rings. The van der Waals surface area contributed by atoms with Gasteiger partial charge in [-0.25, -0.2) is 0 Å². The Morgan fingerprint density at radius 1 is 1.57 bits per heavy atom. The number of hydrogen-bond acceptors (Lipinski definition) is 3. The number of pyridine rings is 1. The minimum atomic E-state index is 0.0496. The van der Waals surface area contributed by atoms with Crippen molar-refractivity contribution in [1.82, 2.24) is 9.88 Å². The molecule has 4 heteroatoms. The number of amides is 1. The van der Waals surface area contributed by atoms with Crippen LogP contribution >= 0.6 is 0 Å². The third kappa shape index (κ3) is 1.43. The number of likely N-dealkylation sites (tertiary alicyclic amines) is 1. The zero-order chi connectivity index (χ0) is 10.1. The van der Waals surface area contributed by atoms with Crippen molar-refractivity contribution in [2.75, 3.05) is 18.8 Å². The van der Waals surface area contributed by atoms with E-state index in [1.807, 2.05) is 11.8 Å². The number of nitrogens with two attached hydrogens (primary N) is 1. The van der Waals surface area contributed by atoms with Crippen LogP contribution in [-0.4, -0.2) is 28.9 Å². The van der Waals surface area contributed by atoms with Crippen molar-refractivity contribution >= 4 is 11.6 Å². The van der Waals surface area contributed by atoms with Crippen molar-refractivity contribution in [1.29, 1.82) is 0 Å². The lowest BCUT2D eigenvalue weighted by Gasteiger charge is -2.31. The van der Waals surface area contributed by atoms with Crippen molar-refractivity contribution in [2.24, 2.45) is 0 Å². The number of carbonyl (C=O) groups is 1. The van der Waals surface area contributed by atoms with Gasteiger partial charge in [0.25, 0.3) is 5.91 Å². The molecule has 2 N–H and O–H groups in total. The van der Waals surface area contributed by atoms with Gasteiger partial charge in [0.2, 0.25) is 0 Å². The maximum atomic E-state index is 11.8. The van der Waals surface area contributed by atoms with Crippen LogP contribution in [0.3, 0.4) is 0 Å². The van der Waals surface area contributed by atoms with E-state index in [9.17, 15) is 4.79 Å². The lowest BCUT2D eigenvalue weighted by atomic mass is 10.1. The molecule has 1 aromatic rings.